The van der Waals surface area contributed by atoms with Gasteiger partial charge >= 0.3 is 6.61 Å². The molecule has 6 nitrogen and oxygen atoms in total. The molecule has 1 amide bonds. The van der Waals surface area contributed by atoms with Gasteiger partial charge in [0, 0.05) is 13.6 Å². The Bertz CT molecular complexity index is 1000. The number of ether oxygens (including phenoxy) is 1. The number of fused-ring (bicyclic) bond motifs is 1. The molecule has 27 heavy (non-hydrogen) atoms. The molecule has 2 aromatic carbocycles. The summed E-state index contributed by atoms with van der Waals surface area (Å²) < 4.78 is 29.9. The van der Waals surface area contributed by atoms with Crippen LogP contribution in [0.1, 0.15) is 5.56 Å². The predicted molar refractivity (Wildman–Crippen MR) is 95.6 cm³/mol. The molecule has 0 atom stereocenters. The van der Waals surface area contributed by atoms with E-state index in [1.165, 1.54) is 27.9 Å². The van der Waals surface area contributed by atoms with Gasteiger partial charge in [-0.2, -0.15) is 8.78 Å². The lowest BCUT2D eigenvalue weighted by atomic mass is 10.2. The van der Waals surface area contributed by atoms with Crippen molar-refractivity contribution in [1.82, 2.24) is 14.5 Å². The molecule has 3 aromatic rings. The molecule has 0 aliphatic heterocycles. The summed E-state index contributed by atoms with van der Waals surface area (Å²) >= 11 is 0. The van der Waals surface area contributed by atoms with E-state index in [1.807, 2.05) is 0 Å². The van der Waals surface area contributed by atoms with Gasteiger partial charge in [-0.25, -0.2) is 4.98 Å². The van der Waals surface area contributed by atoms with E-state index in [0.29, 0.717) is 10.9 Å². The van der Waals surface area contributed by atoms with Gasteiger partial charge < -0.3 is 9.64 Å². The topological polar surface area (TPSA) is 64.4 Å². The molecule has 1 aromatic heterocycles. The highest BCUT2D eigenvalue weighted by atomic mass is 19.3. The Labute approximate surface area is 153 Å². The summed E-state index contributed by atoms with van der Waals surface area (Å²) in [4.78, 5) is 30.5. The number of aromatic nitrogens is 2. The maximum absolute atomic E-state index is 12.4. The smallest absolute Gasteiger partial charge is 0.387 e. The second kappa shape index (κ2) is 7.94. The van der Waals surface area contributed by atoms with Crippen molar-refractivity contribution < 1.29 is 18.3 Å². The third-order valence-electron chi connectivity index (χ3n) is 4.03. The van der Waals surface area contributed by atoms with Crippen molar-refractivity contribution in [2.45, 2.75) is 19.7 Å². The van der Waals surface area contributed by atoms with Crippen molar-refractivity contribution in [2.24, 2.45) is 0 Å². The summed E-state index contributed by atoms with van der Waals surface area (Å²) in [6.07, 6.45) is 1.35. The van der Waals surface area contributed by atoms with Crippen LogP contribution in [-0.2, 0) is 17.9 Å². The van der Waals surface area contributed by atoms with Crippen LogP contribution < -0.4 is 10.3 Å². The average Bonchev–Trinajstić information content (AvgIpc) is 2.65. The molecule has 0 N–H and O–H groups in total. The SMILES string of the molecule is CN(Cc1ccc(OC(F)F)cc1)C(=O)Cn1cnc2ccccc2c1=O. The third kappa shape index (κ3) is 4.46. The molecule has 0 unspecified atom stereocenters. The lowest BCUT2D eigenvalue weighted by molar-refractivity contribution is -0.131. The van der Waals surface area contributed by atoms with Crippen LogP contribution in [0, 0.1) is 0 Å². The Morgan fingerprint density at radius 3 is 2.59 bits per heavy atom. The van der Waals surface area contributed by atoms with Gasteiger partial charge in [-0.15, -0.1) is 0 Å². The number of carbonyl (C=O) groups excluding carboxylic acids is 1. The molecule has 0 fully saturated rings. The van der Waals surface area contributed by atoms with Gasteiger partial charge in [0.2, 0.25) is 5.91 Å². The summed E-state index contributed by atoms with van der Waals surface area (Å²) in [6.45, 7) is -2.75. The first-order chi connectivity index (χ1) is 12.9. The zero-order chi connectivity index (χ0) is 19.4. The second-order valence-electron chi connectivity index (χ2n) is 5.97. The fourth-order valence-corrected chi connectivity index (χ4v) is 2.62. The van der Waals surface area contributed by atoms with Gasteiger partial charge in [-0.3, -0.25) is 14.2 Å². The Hall–Kier alpha value is -3.29. The Kier molecular flexibility index (Phi) is 5.44. The molecular weight excluding hydrogens is 356 g/mol. The van der Waals surface area contributed by atoms with E-state index < -0.39 is 6.61 Å². The number of likely N-dealkylation sites (N-methyl/N-ethyl adjacent to an activating group) is 1. The number of carbonyl (C=O) groups is 1. The number of hydrogen-bond donors (Lipinski definition) is 0. The maximum atomic E-state index is 12.4. The van der Waals surface area contributed by atoms with Crippen LogP contribution in [0.4, 0.5) is 8.78 Å². The summed E-state index contributed by atoms with van der Waals surface area (Å²) in [7, 11) is 1.60. The molecule has 140 valence electrons. The molecule has 0 bridgehead atoms. The van der Waals surface area contributed by atoms with E-state index >= 15 is 0 Å². The van der Waals surface area contributed by atoms with Crippen LogP contribution in [0.2, 0.25) is 0 Å². The zero-order valence-corrected chi connectivity index (χ0v) is 14.5. The van der Waals surface area contributed by atoms with Crippen LogP contribution in [0.5, 0.6) is 5.75 Å². The minimum absolute atomic E-state index is 0.0523. The van der Waals surface area contributed by atoms with Crippen LogP contribution in [-0.4, -0.2) is 34.0 Å². The van der Waals surface area contributed by atoms with Crippen molar-refractivity contribution in [3.63, 3.8) is 0 Å². The average molecular weight is 373 g/mol. The number of benzene rings is 2. The van der Waals surface area contributed by atoms with Crippen LogP contribution >= 0.6 is 0 Å². The van der Waals surface area contributed by atoms with Crippen molar-refractivity contribution in [3.05, 3.63) is 70.8 Å². The lowest BCUT2D eigenvalue weighted by Crippen LogP contribution is -2.33. The van der Waals surface area contributed by atoms with Crippen LogP contribution in [0.15, 0.2) is 59.7 Å². The van der Waals surface area contributed by atoms with Gasteiger partial charge in [-0.05, 0) is 29.8 Å². The van der Waals surface area contributed by atoms with Crippen molar-refractivity contribution in [2.75, 3.05) is 7.05 Å². The molecule has 0 aliphatic rings. The Morgan fingerprint density at radius 2 is 1.89 bits per heavy atom. The van der Waals surface area contributed by atoms with E-state index in [2.05, 4.69) is 9.72 Å². The van der Waals surface area contributed by atoms with Crippen molar-refractivity contribution in [3.8, 4) is 5.75 Å². The summed E-state index contributed by atoms with van der Waals surface area (Å²) in [6, 6.07) is 13.0. The summed E-state index contributed by atoms with van der Waals surface area (Å²) in [5.74, 6) is -0.224. The van der Waals surface area contributed by atoms with E-state index in [4.69, 9.17) is 0 Å². The van der Waals surface area contributed by atoms with Crippen LogP contribution in [0.3, 0.4) is 0 Å². The molecule has 3 rings (SSSR count). The highest BCUT2D eigenvalue weighted by Crippen LogP contribution is 2.16. The molecule has 8 heteroatoms. The van der Waals surface area contributed by atoms with Gasteiger partial charge in [-0.1, -0.05) is 24.3 Å². The molecular formula is C19H17F2N3O3. The molecule has 0 saturated heterocycles. The molecule has 0 spiro atoms. The molecule has 0 radical (unpaired) electrons. The van der Waals surface area contributed by atoms with Crippen molar-refractivity contribution >= 4 is 16.8 Å². The fourth-order valence-electron chi connectivity index (χ4n) is 2.62. The van der Waals surface area contributed by atoms with Crippen LogP contribution in [0.25, 0.3) is 10.9 Å². The Morgan fingerprint density at radius 1 is 1.19 bits per heavy atom. The first-order valence-corrected chi connectivity index (χ1v) is 8.16. The standard InChI is InChI=1S/C19H17F2N3O3/c1-23(10-13-6-8-14(9-7-13)27-19(20)21)17(25)11-24-12-22-16-5-3-2-4-15(16)18(24)26/h2-9,12,19H,10-11H2,1H3. The maximum Gasteiger partial charge on any atom is 0.387 e. The third-order valence-corrected chi connectivity index (χ3v) is 4.03. The van der Waals surface area contributed by atoms with E-state index in [-0.39, 0.29) is 30.3 Å². The number of halogens is 2. The second-order valence-corrected chi connectivity index (χ2v) is 5.97. The largest absolute Gasteiger partial charge is 0.435 e. The van der Waals surface area contributed by atoms with E-state index in [9.17, 15) is 18.4 Å². The molecule has 0 aliphatic carbocycles. The predicted octanol–water partition coefficient (Wildman–Crippen LogP) is 2.66. The number of hydrogen-bond acceptors (Lipinski definition) is 4. The first kappa shape index (κ1) is 18.5. The van der Waals surface area contributed by atoms with Gasteiger partial charge in [0.05, 0.1) is 17.2 Å². The molecule has 1 heterocycles. The van der Waals surface area contributed by atoms with Crippen molar-refractivity contribution in [1.29, 1.82) is 0 Å². The van der Waals surface area contributed by atoms with Gasteiger partial charge in [0.15, 0.2) is 0 Å². The van der Waals surface area contributed by atoms with E-state index in [1.54, 1.807) is 43.4 Å². The van der Waals surface area contributed by atoms with Gasteiger partial charge in [0.1, 0.15) is 12.3 Å². The van der Waals surface area contributed by atoms with Gasteiger partial charge in [0.25, 0.3) is 5.56 Å². The summed E-state index contributed by atoms with van der Waals surface area (Å²) in [5.41, 5.74) is 1.04. The highest BCUT2D eigenvalue weighted by molar-refractivity contribution is 5.78. The highest BCUT2D eigenvalue weighted by Gasteiger charge is 2.13. The Balaban J connectivity index is 1.67. The number of rotatable bonds is 6. The number of alkyl halides is 2. The van der Waals surface area contributed by atoms with E-state index in [0.717, 1.165) is 5.56 Å². The quantitative estimate of drug-likeness (QED) is 0.666. The minimum atomic E-state index is -2.88. The molecule has 0 saturated carbocycles. The number of nitrogens with zero attached hydrogens (tertiary/aromatic N) is 3. The normalized spacial score (nSPS) is 11.0. The summed E-state index contributed by atoms with van der Waals surface area (Å²) in [5, 5.41) is 0.449. The fraction of sp³-hybridized carbons (Fsp3) is 0.211. The monoisotopic (exact) mass is 373 g/mol. The minimum Gasteiger partial charge on any atom is -0.435 e. The number of amides is 1. The number of para-hydroxylation sites is 1. The first-order valence-electron chi connectivity index (χ1n) is 8.16. The lowest BCUT2D eigenvalue weighted by Gasteiger charge is -2.18. The zero-order valence-electron chi connectivity index (χ0n) is 14.5.